The number of hydrogen-bond donors (Lipinski definition) is 1. The molecule has 3 aromatic rings. The van der Waals surface area contributed by atoms with Crippen LogP contribution in [0.4, 0.5) is 0 Å². The number of ether oxygens (including phenoxy) is 1. The quantitative estimate of drug-likeness (QED) is 0.701. The number of benzene rings is 1. The van der Waals surface area contributed by atoms with Gasteiger partial charge in [-0.25, -0.2) is 9.50 Å². The lowest BCUT2D eigenvalue weighted by molar-refractivity contribution is 0.0993. The molecule has 0 radical (unpaired) electrons. The van der Waals surface area contributed by atoms with E-state index in [0.29, 0.717) is 27.5 Å². The van der Waals surface area contributed by atoms with Gasteiger partial charge in [-0.2, -0.15) is 5.10 Å². The van der Waals surface area contributed by atoms with Gasteiger partial charge >= 0.3 is 0 Å². The average Bonchev–Trinajstić information content (AvgIpc) is 2.98. The zero-order chi connectivity index (χ0) is 16.2. The maximum Gasteiger partial charge on any atom is 0.172 e. The highest BCUT2D eigenvalue weighted by molar-refractivity contribution is 6.30. The van der Waals surface area contributed by atoms with Crippen LogP contribution in [0.25, 0.3) is 5.65 Å². The van der Waals surface area contributed by atoms with Crippen molar-refractivity contribution in [2.45, 2.75) is 6.42 Å². The molecule has 2 aromatic heterocycles. The SMILES string of the molecule is O=C(Cc1cc(Cl)ccc1OCCO)c1cnn2cccnc12. The number of aliphatic hydroxyl groups excluding tert-OH is 1. The highest BCUT2D eigenvalue weighted by Crippen LogP contribution is 2.25. The van der Waals surface area contributed by atoms with Crippen molar-refractivity contribution in [1.29, 1.82) is 0 Å². The third-order valence-corrected chi connectivity index (χ3v) is 3.54. The van der Waals surface area contributed by atoms with Crippen molar-refractivity contribution in [2.75, 3.05) is 13.2 Å². The van der Waals surface area contributed by atoms with Gasteiger partial charge in [0.15, 0.2) is 11.4 Å². The maximum absolute atomic E-state index is 12.6. The summed E-state index contributed by atoms with van der Waals surface area (Å²) in [5.74, 6) is 0.399. The summed E-state index contributed by atoms with van der Waals surface area (Å²) in [6, 6.07) is 6.80. The van der Waals surface area contributed by atoms with Crippen molar-refractivity contribution in [3.05, 3.63) is 59.0 Å². The molecule has 0 spiro atoms. The number of hydrogen-bond acceptors (Lipinski definition) is 5. The van der Waals surface area contributed by atoms with E-state index in [1.54, 1.807) is 41.2 Å². The molecule has 0 saturated carbocycles. The first-order valence-corrected chi connectivity index (χ1v) is 7.40. The molecule has 0 unspecified atom stereocenters. The Kier molecular flexibility index (Phi) is 4.55. The van der Waals surface area contributed by atoms with Crippen molar-refractivity contribution in [3.8, 4) is 5.75 Å². The van der Waals surface area contributed by atoms with E-state index < -0.39 is 0 Å². The molecule has 0 fully saturated rings. The van der Waals surface area contributed by atoms with Crippen LogP contribution in [0.1, 0.15) is 15.9 Å². The Labute approximate surface area is 137 Å². The minimum Gasteiger partial charge on any atom is -0.491 e. The molecule has 7 heteroatoms. The summed E-state index contributed by atoms with van der Waals surface area (Å²) < 4.78 is 7.00. The normalized spacial score (nSPS) is 10.9. The molecule has 6 nitrogen and oxygen atoms in total. The Balaban J connectivity index is 1.89. The summed E-state index contributed by atoms with van der Waals surface area (Å²) in [4.78, 5) is 16.8. The number of carbonyl (C=O) groups excluding carboxylic acids is 1. The van der Waals surface area contributed by atoms with Gasteiger partial charge in [0.25, 0.3) is 0 Å². The summed E-state index contributed by atoms with van der Waals surface area (Å²) in [6.07, 6.45) is 4.96. The monoisotopic (exact) mass is 331 g/mol. The molecule has 118 valence electrons. The second-order valence-electron chi connectivity index (χ2n) is 4.87. The van der Waals surface area contributed by atoms with Gasteiger partial charge in [0.05, 0.1) is 18.4 Å². The summed E-state index contributed by atoms with van der Waals surface area (Å²) in [5.41, 5.74) is 1.61. The molecule has 0 atom stereocenters. The van der Waals surface area contributed by atoms with Gasteiger partial charge < -0.3 is 9.84 Å². The van der Waals surface area contributed by atoms with E-state index in [-0.39, 0.29) is 25.4 Å². The summed E-state index contributed by atoms with van der Waals surface area (Å²) in [5, 5.41) is 13.5. The zero-order valence-electron chi connectivity index (χ0n) is 12.1. The van der Waals surface area contributed by atoms with Gasteiger partial charge in [-0.1, -0.05) is 11.6 Å². The number of nitrogens with zero attached hydrogens (tertiary/aromatic N) is 3. The van der Waals surface area contributed by atoms with Crippen LogP contribution in [0.15, 0.2) is 42.9 Å². The van der Waals surface area contributed by atoms with Crippen LogP contribution < -0.4 is 4.74 Å². The number of aliphatic hydroxyl groups is 1. The number of carbonyl (C=O) groups is 1. The molecule has 0 aliphatic rings. The molecule has 0 bridgehead atoms. The fourth-order valence-corrected chi connectivity index (χ4v) is 2.47. The molecule has 0 saturated heterocycles. The molecule has 23 heavy (non-hydrogen) atoms. The average molecular weight is 332 g/mol. The predicted octanol–water partition coefficient (Wildman–Crippen LogP) is 2.18. The van der Waals surface area contributed by atoms with Gasteiger partial charge in [0, 0.05) is 29.4 Å². The predicted molar refractivity (Wildman–Crippen MR) is 85.1 cm³/mol. The van der Waals surface area contributed by atoms with Gasteiger partial charge in [-0.05, 0) is 24.3 Å². The van der Waals surface area contributed by atoms with Crippen LogP contribution >= 0.6 is 11.6 Å². The highest BCUT2D eigenvalue weighted by Gasteiger charge is 2.16. The van der Waals surface area contributed by atoms with E-state index in [2.05, 4.69) is 10.1 Å². The first-order valence-electron chi connectivity index (χ1n) is 7.02. The lowest BCUT2D eigenvalue weighted by Crippen LogP contribution is -2.08. The van der Waals surface area contributed by atoms with Crippen LogP contribution in [-0.4, -0.2) is 38.7 Å². The van der Waals surface area contributed by atoms with E-state index in [1.807, 2.05) is 0 Å². The fraction of sp³-hybridized carbons (Fsp3) is 0.188. The largest absolute Gasteiger partial charge is 0.491 e. The third kappa shape index (κ3) is 3.33. The van der Waals surface area contributed by atoms with Gasteiger partial charge in [0.1, 0.15) is 12.4 Å². The van der Waals surface area contributed by atoms with E-state index in [9.17, 15) is 4.79 Å². The third-order valence-electron chi connectivity index (χ3n) is 3.30. The molecular formula is C16H14ClN3O3. The van der Waals surface area contributed by atoms with Crippen molar-refractivity contribution >= 4 is 23.0 Å². The Morgan fingerprint density at radius 3 is 3.09 bits per heavy atom. The second kappa shape index (κ2) is 6.76. The van der Waals surface area contributed by atoms with E-state index in [0.717, 1.165) is 0 Å². The highest BCUT2D eigenvalue weighted by atomic mass is 35.5. The van der Waals surface area contributed by atoms with Crippen LogP contribution in [0, 0.1) is 0 Å². The van der Waals surface area contributed by atoms with Crippen molar-refractivity contribution in [1.82, 2.24) is 14.6 Å². The molecule has 0 aliphatic carbocycles. The number of Topliss-reactive ketones (excluding diaryl/α,β-unsaturated/α-hetero) is 1. The maximum atomic E-state index is 12.6. The smallest absolute Gasteiger partial charge is 0.172 e. The summed E-state index contributed by atoms with van der Waals surface area (Å²) >= 11 is 6.01. The first kappa shape index (κ1) is 15.5. The minimum absolute atomic E-state index is 0.103. The Morgan fingerprint density at radius 2 is 2.26 bits per heavy atom. The Hall–Kier alpha value is -2.44. The number of halogens is 1. The Morgan fingerprint density at radius 1 is 1.39 bits per heavy atom. The van der Waals surface area contributed by atoms with Crippen LogP contribution in [-0.2, 0) is 6.42 Å². The molecular weight excluding hydrogens is 318 g/mol. The topological polar surface area (TPSA) is 76.7 Å². The Bertz CT molecular complexity index is 847. The fourth-order valence-electron chi connectivity index (χ4n) is 2.27. The standard InChI is InChI=1S/C16H14ClN3O3/c17-12-2-3-15(23-7-6-21)11(8-12)9-14(22)13-10-19-20-5-1-4-18-16(13)20/h1-5,8,10,21H,6-7,9H2. The summed E-state index contributed by atoms with van der Waals surface area (Å²) in [7, 11) is 0. The molecule has 2 heterocycles. The lowest BCUT2D eigenvalue weighted by Gasteiger charge is -2.10. The molecule has 3 rings (SSSR count). The van der Waals surface area contributed by atoms with Gasteiger partial charge in [0.2, 0.25) is 0 Å². The lowest BCUT2D eigenvalue weighted by atomic mass is 10.0. The van der Waals surface area contributed by atoms with Gasteiger partial charge in [-0.3, -0.25) is 4.79 Å². The van der Waals surface area contributed by atoms with Crippen molar-refractivity contribution < 1.29 is 14.6 Å². The van der Waals surface area contributed by atoms with Crippen LogP contribution in [0.5, 0.6) is 5.75 Å². The minimum atomic E-state index is -0.130. The number of fused-ring (bicyclic) bond motifs is 1. The zero-order valence-corrected chi connectivity index (χ0v) is 12.9. The molecule has 1 N–H and O–H groups in total. The van der Waals surface area contributed by atoms with E-state index in [4.69, 9.17) is 21.4 Å². The second-order valence-corrected chi connectivity index (χ2v) is 5.31. The van der Waals surface area contributed by atoms with E-state index >= 15 is 0 Å². The van der Waals surface area contributed by atoms with Crippen LogP contribution in [0.3, 0.4) is 0 Å². The number of ketones is 1. The molecule has 0 aliphatic heterocycles. The van der Waals surface area contributed by atoms with Gasteiger partial charge in [-0.15, -0.1) is 0 Å². The first-order chi connectivity index (χ1) is 11.2. The summed E-state index contributed by atoms with van der Waals surface area (Å²) in [6.45, 7) is 0.0507. The molecule has 1 aromatic carbocycles. The van der Waals surface area contributed by atoms with Crippen molar-refractivity contribution in [3.63, 3.8) is 0 Å². The van der Waals surface area contributed by atoms with E-state index in [1.165, 1.54) is 6.20 Å². The number of rotatable bonds is 6. The van der Waals surface area contributed by atoms with Crippen molar-refractivity contribution in [2.24, 2.45) is 0 Å². The van der Waals surface area contributed by atoms with Crippen LogP contribution in [0.2, 0.25) is 5.02 Å². The molecule has 0 amide bonds. The number of aromatic nitrogens is 3.